The van der Waals surface area contributed by atoms with Crippen molar-refractivity contribution in [2.45, 2.75) is 18.4 Å². The second kappa shape index (κ2) is 3.71. The van der Waals surface area contributed by atoms with E-state index in [-0.39, 0.29) is 23.8 Å². The minimum Gasteiger partial charge on any atom is -0.321 e. The molecule has 1 aromatic rings. The van der Waals surface area contributed by atoms with E-state index >= 15 is 0 Å². The molecule has 0 bridgehead atoms. The molecule has 1 aromatic carbocycles. The average Bonchev–Trinajstić information content (AvgIpc) is 2.75. The summed E-state index contributed by atoms with van der Waals surface area (Å²) in [7, 11) is 0. The lowest BCUT2D eigenvalue weighted by Gasteiger charge is -2.08. The fourth-order valence-electron chi connectivity index (χ4n) is 1.23. The minimum absolute atomic E-state index is 0. The third-order valence-corrected chi connectivity index (χ3v) is 3.16. The number of rotatable bonds is 1. The maximum Gasteiger partial charge on any atom is 0.136 e. The molecule has 0 aromatic heterocycles. The highest BCUT2D eigenvalue weighted by Gasteiger charge is 2.40. The van der Waals surface area contributed by atoms with Crippen LogP contribution in [0.15, 0.2) is 18.2 Å². The van der Waals surface area contributed by atoms with Gasteiger partial charge in [0.25, 0.3) is 0 Å². The fourth-order valence-corrected chi connectivity index (χ4v) is 1.56. The lowest BCUT2D eigenvalue weighted by atomic mass is 10.1. The summed E-state index contributed by atoms with van der Waals surface area (Å²) < 4.78 is 13.7. The SMILES string of the molecule is Cl.NC1(c2ccc(I)c(F)c2)CC1. The van der Waals surface area contributed by atoms with E-state index < -0.39 is 0 Å². The predicted molar refractivity (Wildman–Crippen MR) is 61.5 cm³/mol. The smallest absolute Gasteiger partial charge is 0.136 e. The van der Waals surface area contributed by atoms with E-state index in [0.717, 1.165) is 18.4 Å². The first-order chi connectivity index (χ1) is 5.62. The monoisotopic (exact) mass is 313 g/mol. The molecular weight excluding hydrogens is 303 g/mol. The van der Waals surface area contributed by atoms with E-state index in [4.69, 9.17) is 5.73 Å². The molecule has 13 heavy (non-hydrogen) atoms. The molecule has 0 spiro atoms. The Morgan fingerprint density at radius 1 is 1.38 bits per heavy atom. The summed E-state index contributed by atoms with van der Waals surface area (Å²) in [6, 6.07) is 5.24. The molecule has 2 rings (SSSR count). The molecule has 2 N–H and O–H groups in total. The number of benzene rings is 1. The van der Waals surface area contributed by atoms with Crippen molar-refractivity contribution in [1.29, 1.82) is 0 Å². The third-order valence-electron chi connectivity index (χ3n) is 2.28. The van der Waals surface area contributed by atoms with Crippen LogP contribution < -0.4 is 5.73 Å². The molecule has 1 saturated carbocycles. The zero-order valence-corrected chi connectivity index (χ0v) is 9.86. The van der Waals surface area contributed by atoms with E-state index in [1.165, 1.54) is 0 Å². The lowest BCUT2D eigenvalue weighted by molar-refractivity contribution is 0.611. The van der Waals surface area contributed by atoms with Crippen molar-refractivity contribution < 1.29 is 4.39 Å². The fraction of sp³-hybridized carbons (Fsp3) is 0.333. The summed E-state index contributed by atoms with van der Waals surface area (Å²) >= 11 is 1.97. The topological polar surface area (TPSA) is 26.0 Å². The summed E-state index contributed by atoms with van der Waals surface area (Å²) in [6.07, 6.45) is 1.96. The molecule has 0 radical (unpaired) electrons. The van der Waals surface area contributed by atoms with Crippen LogP contribution in [0.25, 0.3) is 0 Å². The quantitative estimate of drug-likeness (QED) is 0.793. The molecule has 0 saturated heterocycles. The summed E-state index contributed by atoms with van der Waals surface area (Å²) in [6.45, 7) is 0. The second-order valence-electron chi connectivity index (χ2n) is 3.29. The first-order valence-electron chi connectivity index (χ1n) is 3.86. The van der Waals surface area contributed by atoms with Gasteiger partial charge in [0.15, 0.2) is 0 Å². The van der Waals surface area contributed by atoms with Crippen molar-refractivity contribution in [3.63, 3.8) is 0 Å². The highest BCUT2D eigenvalue weighted by atomic mass is 127. The van der Waals surface area contributed by atoms with Gasteiger partial charge in [-0.3, -0.25) is 0 Å². The van der Waals surface area contributed by atoms with E-state index in [1.54, 1.807) is 12.1 Å². The van der Waals surface area contributed by atoms with Crippen LogP contribution in [0.4, 0.5) is 4.39 Å². The summed E-state index contributed by atoms with van der Waals surface area (Å²) in [5, 5.41) is 0. The summed E-state index contributed by atoms with van der Waals surface area (Å²) in [5.74, 6) is -0.162. The molecule has 4 heteroatoms. The van der Waals surface area contributed by atoms with Crippen LogP contribution in [0.1, 0.15) is 18.4 Å². The first kappa shape index (κ1) is 11.2. The van der Waals surface area contributed by atoms with Crippen LogP contribution in [0.3, 0.4) is 0 Å². The molecule has 1 aliphatic carbocycles. The molecule has 0 amide bonds. The van der Waals surface area contributed by atoms with Crippen molar-refractivity contribution >= 4 is 35.0 Å². The number of hydrogen-bond donors (Lipinski definition) is 1. The maximum absolute atomic E-state index is 13.1. The van der Waals surface area contributed by atoms with Gasteiger partial charge in [-0.25, -0.2) is 4.39 Å². The molecule has 0 aliphatic heterocycles. The van der Waals surface area contributed by atoms with Crippen LogP contribution >= 0.6 is 35.0 Å². The Kier molecular flexibility index (Phi) is 3.20. The Labute approximate surface area is 96.4 Å². The molecule has 1 nitrogen and oxygen atoms in total. The van der Waals surface area contributed by atoms with Crippen molar-refractivity contribution in [3.8, 4) is 0 Å². The molecule has 1 aliphatic rings. The molecule has 0 heterocycles. The number of nitrogens with two attached hydrogens (primary N) is 1. The first-order valence-corrected chi connectivity index (χ1v) is 4.94. The van der Waals surface area contributed by atoms with E-state index in [0.29, 0.717) is 3.57 Å². The van der Waals surface area contributed by atoms with Gasteiger partial charge in [0.1, 0.15) is 5.82 Å². The normalized spacial score (nSPS) is 17.8. The van der Waals surface area contributed by atoms with Crippen molar-refractivity contribution in [1.82, 2.24) is 0 Å². The molecule has 0 unspecified atom stereocenters. The van der Waals surface area contributed by atoms with Crippen molar-refractivity contribution in [2.24, 2.45) is 5.73 Å². The Balaban J connectivity index is 0.000000845. The van der Waals surface area contributed by atoms with Crippen LogP contribution in [-0.4, -0.2) is 0 Å². The summed E-state index contributed by atoms with van der Waals surface area (Å²) in [5.41, 5.74) is 6.63. The molecule has 1 fully saturated rings. The maximum atomic E-state index is 13.1. The Morgan fingerprint density at radius 3 is 2.46 bits per heavy atom. The largest absolute Gasteiger partial charge is 0.321 e. The van der Waals surface area contributed by atoms with Crippen LogP contribution in [0.5, 0.6) is 0 Å². The van der Waals surface area contributed by atoms with Crippen molar-refractivity contribution in [3.05, 3.63) is 33.1 Å². The third kappa shape index (κ3) is 2.14. The van der Waals surface area contributed by atoms with Gasteiger partial charge in [0.2, 0.25) is 0 Å². The summed E-state index contributed by atoms with van der Waals surface area (Å²) in [4.78, 5) is 0. The Bertz CT molecular complexity index is 325. The van der Waals surface area contributed by atoms with E-state index in [1.807, 2.05) is 28.7 Å². The van der Waals surface area contributed by atoms with Gasteiger partial charge in [-0.1, -0.05) is 6.07 Å². The zero-order chi connectivity index (χ0) is 8.77. The second-order valence-corrected chi connectivity index (χ2v) is 4.45. The van der Waals surface area contributed by atoms with Gasteiger partial charge in [-0.15, -0.1) is 12.4 Å². The molecular formula is C9H10ClFIN. The van der Waals surface area contributed by atoms with Gasteiger partial charge in [0, 0.05) is 9.11 Å². The minimum atomic E-state index is -0.217. The zero-order valence-electron chi connectivity index (χ0n) is 6.89. The Morgan fingerprint density at radius 2 is 2.00 bits per heavy atom. The van der Waals surface area contributed by atoms with Crippen LogP contribution in [0.2, 0.25) is 0 Å². The standard InChI is InChI=1S/C9H9FIN.ClH/c10-7-5-6(1-2-8(7)11)9(12)3-4-9;/h1-2,5H,3-4,12H2;1H. The van der Waals surface area contributed by atoms with Crippen LogP contribution in [-0.2, 0) is 5.54 Å². The molecule has 72 valence electrons. The Hall–Kier alpha value is 0.130. The van der Waals surface area contributed by atoms with Crippen LogP contribution in [0, 0.1) is 9.39 Å². The number of hydrogen-bond acceptors (Lipinski definition) is 1. The van der Waals surface area contributed by atoms with Gasteiger partial charge in [-0.05, 0) is 53.1 Å². The molecule has 0 atom stereocenters. The number of halogens is 3. The lowest BCUT2D eigenvalue weighted by Crippen LogP contribution is -2.18. The van der Waals surface area contributed by atoms with Crippen molar-refractivity contribution in [2.75, 3.05) is 0 Å². The highest BCUT2D eigenvalue weighted by Crippen LogP contribution is 2.42. The average molecular weight is 314 g/mol. The highest BCUT2D eigenvalue weighted by molar-refractivity contribution is 14.1. The van der Waals surface area contributed by atoms with Gasteiger partial charge < -0.3 is 5.73 Å². The van der Waals surface area contributed by atoms with Gasteiger partial charge >= 0.3 is 0 Å². The van der Waals surface area contributed by atoms with E-state index in [2.05, 4.69) is 0 Å². The predicted octanol–water partition coefficient (Wildman–Crippen LogP) is 2.80. The van der Waals surface area contributed by atoms with Gasteiger partial charge in [-0.2, -0.15) is 0 Å². The van der Waals surface area contributed by atoms with E-state index in [9.17, 15) is 4.39 Å². The van der Waals surface area contributed by atoms with Gasteiger partial charge in [0.05, 0.1) is 0 Å².